The van der Waals surface area contributed by atoms with Gasteiger partial charge in [-0.15, -0.1) is 0 Å². The standard InChI is InChI=1S/C25H29NO3/c1-6-7-12-26-23(27)13-17(3)20-14-21-22(19-10-8-16(2)9-11-19)15-29-25(21)18(4)24(20)28-5/h8-11,13-15H,6-7,12H2,1-5H3,(H,26,27)/b17-13+. The summed E-state index contributed by atoms with van der Waals surface area (Å²) in [4.78, 5) is 12.3. The molecule has 4 nitrogen and oxygen atoms in total. The number of ether oxygens (including phenoxy) is 1. The summed E-state index contributed by atoms with van der Waals surface area (Å²) >= 11 is 0. The first-order chi connectivity index (χ1) is 14.0. The fourth-order valence-corrected chi connectivity index (χ4v) is 3.54. The van der Waals surface area contributed by atoms with Crippen LogP contribution >= 0.6 is 0 Å². The van der Waals surface area contributed by atoms with E-state index in [9.17, 15) is 4.79 Å². The summed E-state index contributed by atoms with van der Waals surface area (Å²) in [6.07, 6.45) is 5.46. The summed E-state index contributed by atoms with van der Waals surface area (Å²) in [6.45, 7) is 8.79. The highest BCUT2D eigenvalue weighted by Crippen LogP contribution is 2.40. The third kappa shape index (κ3) is 4.37. The number of carbonyl (C=O) groups excluding carboxylic acids is 1. The lowest BCUT2D eigenvalue weighted by Crippen LogP contribution is -2.22. The average Bonchev–Trinajstić information content (AvgIpc) is 3.13. The minimum Gasteiger partial charge on any atom is -0.496 e. The number of benzene rings is 2. The lowest BCUT2D eigenvalue weighted by atomic mass is 9.96. The highest BCUT2D eigenvalue weighted by atomic mass is 16.5. The van der Waals surface area contributed by atoms with E-state index in [4.69, 9.17) is 9.15 Å². The van der Waals surface area contributed by atoms with Crippen LogP contribution in [0.5, 0.6) is 5.75 Å². The third-order valence-corrected chi connectivity index (χ3v) is 5.21. The second-order valence-corrected chi connectivity index (χ2v) is 7.45. The normalized spacial score (nSPS) is 11.7. The Kier molecular flexibility index (Phi) is 6.42. The van der Waals surface area contributed by atoms with Gasteiger partial charge in [0.2, 0.25) is 5.91 Å². The van der Waals surface area contributed by atoms with Crippen LogP contribution in [0, 0.1) is 13.8 Å². The van der Waals surface area contributed by atoms with Gasteiger partial charge < -0.3 is 14.5 Å². The summed E-state index contributed by atoms with van der Waals surface area (Å²) in [5, 5.41) is 3.95. The maximum atomic E-state index is 12.3. The van der Waals surface area contributed by atoms with E-state index in [0.29, 0.717) is 6.54 Å². The van der Waals surface area contributed by atoms with Crippen molar-refractivity contribution in [1.29, 1.82) is 0 Å². The van der Waals surface area contributed by atoms with Crippen LogP contribution in [0.3, 0.4) is 0 Å². The fourth-order valence-electron chi connectivity index (χ4n) is 3.54. The molecule has 0 spiro atoms. The van der Waals surface area contributed by atoms with Crippen LogP contribution in [-0.2, 0) is 4.79 Å². The second kappa shape index (κ2) is 8.99. The van der Waals surface area contributed by atoms with Crippen molar-refractivity contribution in [2.24, 2.45) is 0 Å². The second-order valence-electron chi connectivity index (χ2n) is 7.45. The zero-order chi connectivity index (χ0) is 21.0. The van der Waals surface area contributed by atoms with E-state index < -0.39 is 0 Å². The number of methoxy groups -OCH3 is 1. The largest absolute Gasteiger partial charge is 0.496 e. The number of furan rings is 1. The third-order valence-electron chi connectivity index (χ3n) is 5.21. The molecule has 0 atom stereocenters. The minimum atomic E-state index is -0.0818. The number of amides is 1. The topological polar surface area (TPSA) is 51.5 Å². The smallest absolute Gasteiger partial charge is 0.244 e. The van der Waals surface area contributed by atoms with Gasteiger partial charge in [-0.2, -0.15) is 0 Å². The maximum Gasteiger partial charge on any atom is 0.244 e. The highest BCUT2D eigenvalue weighted by Gasteiger charge is 2.18. The van der Waals surface area contributed by atoms with Crippen molar-refractivity contribution in [3.8, 4) is 16.9 Å². The van der Waals surface area contributed by atoms with Crippen molar-refractivity contribution >= 4 is 22.4 Å². The Morgan fingerprint density at radius 1 is 1.21 bits per heavy atom. The lowest BCUT2D eigenvalue weighted by molar-refractivity contribution is -0.116. The van der Waals surface area contributed by atoms with Gasteiger partial charge in [0.05, 0.1) is 13.4 Å². The molecule has 0 aliphatic heterocycles. The molecule has 29 heavy (non-hydrogen) atoms. The number of aryl methyl sites for hydroxylation is 2. The summed E-state index contributed by atoms with van der Waals surface area (Å²) in [7, 11) is 1.65. The maximum absolute atomic E-state index is 12.3. The zero-order valence-corrected chi connectivity index (χ0v) is 17.9. The number of allylic oxidation sites excluding steroid dienone is 1. The molecule has 1 N–H and O–H groups in total. The summed E-state index contributed by atoms with van der Waals surface area (Å²) < 4.78 is 11.6. The van der Waals surface area contributed by atoms with E-state index in [1.165, 1.54) is 5.56 Å². The van der Waals surface area contributed by atoms with Gasteiger partial charge in [-0.3, -0.25) is 4.79 Å². The molecule has 0 saturated heterocycles. The van der Waals surface area contributed by atoms with Crippen LogP contribution in [0.4, 0.5) is 0 Å². The minimum absolute atomic E-state index is 0.0818. The molecule has 1 aromatic heterocycles. The van der Waals surface area contributed by atoms with Gasteiger partial charge in [0, 0.05) is 34.7 Å². The van der Waals surface area contributed by atoms with E-state index in [2.05, 4.69) is 49.5 Å². The van der Waals surface area contributed by atoms with Crippen LogP contribution in [-0.4, -0.2) is 19.6 Å². The Hall–Kier alpha value is -3.01. The number of fused-ring (bicyclic) bond motifs is 1. The first-order valence-electron chi connectivity index (χ1n) is 10.1. The fraction of sp³-hybridized carbons (Fsp3) is 0.320. The number of rotatable bonds is 7. The van der Waals surface area contributed by atoms with Crippen LogP contribution < -0.4 is 10.1 Å². The van der Waals surface area contributed by atoms with Gasteiger partial charge >= 0.3 is 0 Å². The van der Waals surface area contributed by atoms with Crippen molar-refractivity contribution in [3.05, 3.63) is 59.4 Å². The number of nitrogens with one attached hydrogen (secondary N) is 1. The van der Waals surface area contributed by atoms with Gasteiger partial charge in [0.1, 0.15) is 11.3 Å². The average molecular weight is 392 g/mol. The molecular formula is C25H29NO3. The van der Waals surface area contributed by atoms with Crippen molar-refractivity contribution < 1.29 is 13.9 Å². The van der Waals surface area contributed by atoms with E-state index in [-0.39, 0.29) is 5.91 Å². The van der Waals surface area contributed by atoms with Crippen LogP contribution in [0.2, 0.25) is 0 Å². The van der Waals surface area contributed by atoms with E-state index >= 15 is 0 Å². The molecular weight excluding hydrogens is 362 g/mol. The molecule has 0 bridgehead atoms. The van der Waals surface area contributed by atoms with Crippen molar-refractivity contribution in [2.45, 2.75) is 40.5 Å². The summed E-state index contributed by atoms with van der Waals surface area (Å²) in [5.74, 6) is 0.652. The van der Waals surface area contributed by atoms with Crippen molar-refractivity contribution in [3.63, 3.8) is 0 Å². The van der Waals surface area contributed by atoms with Gasteiger partial charge in [0.25, 0.3) is 0 Å². The summed E-state index contributed by atoms with van der Waals surface area (Å²) in [5.41, 5.74) is 6.85. The predicted molar refractivity (Wildman–Crippen MR) is 119 cm³/mol. The molecule has 0 aliphatic carbocycles. The van der Waals surface area contributed by atoms with E-state index in [1.54, 1.807) is 19.4 Å². The van der Waals surface area contributed by atoms with Gasteiger partial charge in [-0.25, -0.2) is 0 Å². The molecule has 0 aliphatic rings. The first-order valence-corrected chi connectivity index (χ1v) is 10.1. The first kappa shape index (κ1) is 20.7. The Balaban J connectivity index is 2.07. The Bertz CT molecular complexity index is 1040. The predicted octanol–water partition coefficient (Wildman–Crippen LogP) is 6.04. The number of carbonyl (C=O) groups is 1. The Morgan fingerprint density at radius 2 is 1.93 bits per heavy atom. The van der Waals surface area contributed by atoms with Crippen molar-refractivity contribution in [1.82, 2.24) is 5.32 Å². The lowest BCUT2D eigenvalue weighted by Gasteiger charge is -2.13. The molecule has 0 fully saturated rings. The van der Waals surface area contributed by atoms with Crippen molar-refractivity contribution in [2.75, 3.05) is 13.7 Å². The van der Waals surface area contributed by atoms with Gasteiger partial charge in [-0.1, -0.05) is 43.2 Å². The quantitative estimate of drug-likeness (QED) is 0.394. The van der Waals surface area contributed by atoms with Crippen LogP contribution in [0.15, 0.2) is 47.1 Å². The zero-order valence-electron chi connectivity index (χ0n) is 17.9. The molecule has 152 valence electrons. The molecule has 3 aromatic rings. The molecule has 3 rings (SSSR count). The van der Waals surface area contributed by atoms with E-state index in [1.807, 2.05) is 13.8 Å². The number of hydrogen-bond acceptors (Lipinski definition) is 3. The van der Waals surface area contributed by atoms with Gasteiger partial charge in [0.15, 0.2) is 0 Å². The molecule has 0 radical (unpaired) electrons. The molecule has 4 heteroatoms. The Labute approximate surface area is 172 Å². The number of hydrogen-bond donors (Lipinski definition) is 1. The van der Waals surface area contributed by atoms with E-state index in [0.717, 1.165) is 57.4 Å². The monoisotopic (exact) mass is 391 g/mol. The van der Waals surface area contributed by atoms with Gasteiger partial charge in [-0.05, 0) is 44.4 Å². The molecule has 1 amide bonds. The molecule has 2 aromatic carbocycles. The SMILES string of the molecule is CCCCNC(=O)/C=C(\C)c1cc2c(-c3ccc(C)cc3)coc2c(C)c1OC. The summed E-state index contributed by atoms with van der Waals surface area (Å²) in [6, 6.07) is 10.4. The molecule has 0 unspecified atom stereocenters. The molecule has 1 heterocycles. The Morgan fingerprint density at radius 3 is 2.59 bits per heavy atom. The molecule has 0 saturated carbocycles. The van der Waals surface area contributed by atoms with Crippen LogP contribution in [0.25, 0.3) is 27.7 Å². The van der Waals surface area contributed by atoms with Crippen LogP contribution in [0.1, 0.15) is 43.4 Å². The highest BCUT2D eigenvalue weighted by molar-refractivity contribution is 6.01. The number of unbranched alkanes of at least 4 members (excludes halogenated alkanes) is 1.